The van der Waals surface area contributed by atoms with Gasteiger partial charge in [-0.25, -0.2) is 30.4 Å². The summed E-state index contributed by atoms with van der Waals surface area (Å²) >= 11 is 0. The minimum Gasteiger partial charge on any atom is -0.380 e. The van der Waals surface area contributed by atoms with Gasteiger partial charge in [0, 0.05) is 6.54 Å². The van der Waals surface area contributed by atoms with Crippen molar-refractivity contribution in [2.24, 2.45) is 5.92 Å². The molecule has 3 nitrogen and oxygen atoms in total. The van der Waals surface area contributed by atoms with Gasteiger partial charge in [-0.1, -0.05) is 0 Å². The monoisotopic (exact) mass is 315 g/mol. The van der Waals surface area contributed by atoms with Gasteiger partial charge in [0.15, 0.2) is 33.1 Å². The molecule has 112 valence electrons. The zero-order valence-corrected chi connectivity index (χ0v) is 10.8. The average Bonchev–Trinajstić information content (AvgIpc) is 2.73. The van der Waals surface area contributed by atoms with Crippen LogP contribution in [0.5, 0.6) is 0 Å². The van der Waals surface area contributed by atoms with E-state index in [1.54, 1.807) is 0 Å². The summed E-state index contributed by atoms with van der Waals surface area (Å²) in [7, 11) is -3.18. The number of benzene rings is 1. The molecule has 0 saturated carbocycles. The topological polar surface area (TPSA) is 46.2 Å². The smallest absolute Gasteiger partial charge is 0.200 e. The predicted octanol–water partition coefficient (Wildman–Crippen LogP) is 2.23. The molecule has 0 spiro atoms. The summed E-state index contributed by atoms with van der Waals surface area (Å²) in [5, 5.41) is 2.11. The maximum Gasteiger partial charge on any atom is 0.200 e. The van der Waals surface area contributed by atoms with Gasteiger partial charge in [-0.15, -0.1) is 0 Å². The number of rotatable bonds is 3. The third kappa shape index (κ3) is 2.72. The first-order chi connectivity index (χ1) is 9.23. The molecule has 1 N–H and O–H groups in total. The lowest BCUT2D eigenvalue weighted by Gasteiger charge is -2.13. The van der Waals surface area contributed by atoms with Crippen LogP contribution in [0.15, 0.2) is 0 Å². The standard InChI is InChI=1S/C11H10F5NO2S/c12-6-7(13)9(15)11(10(16)8(6)14)17-3-5-1-2-20(18,19)4-5/h5,17H,1-4H2. The Balaban J connectivity index is 2.19. The number of hydrogen-bond donors (Lipinski definition) is 1. The molecule has 1 saturated heterocycles. The highest BCUT2D eigenvalue weighted by molar-refractivity contribution is 7.91. The third-order valence-corrected chi connectivity index (χ3v) is 4.94. The molecule has 1 heterocycles. The first-order valence-electron chi connectivity index (χ1n) is 5.68. The van der Waals surface area contributed by atoms with Crippen LogP contribution in [0.3, 0.4) is 0 Å². The van der Waals surface area contributed by atoms with E-state index in [9.17, 15) is 30.4 Å². The highest BCUT2D eigenvalue weighted by atomic mass is 32.2. The molecule has 1 aromatic rings. The first kappa shape index (κ1) is 15.0. The van der Waals surface area contributed by atoms with Crippen molar-refractivity contribution >= 4 is 15.5 Å². The Morgan fingerprint density at radius 3 is 1.90 bits per heavy atom. The minimum atomic E-state index is -3.18. The lowest BCUT2D eigenvalue weighted by atomic mass is 10.1. The quantitative estimate of drug-likeness (QED) is 0.528. The number of hydrogen-bond acceptors (Lipinski definition) is 3. The molecule has 2 rings (SSSR count). The van der Waals surface area contributed by atoms with Crippen molar-refractivity contribution < 1.29 is 30.4 Å². The second kappa shape index (κ2) is 5.19. The highest BCUT2D eigenvalue weighted by Gasteiger charge is 2.30. The van der Waals surface area contributed by atoms with Crippen LogP contribution in [0, 0.1) is 35.0 Å². The zero-order valence-electron chi connectivity index (χ0n) is 10.0. The molecule has 1 aliphatic rings. The average molecular weight is 315 g/mol. The van der Waals surface area contributed by atoms with E-state index in [0.29, 0.717) is 0 Å². The Morgan fingerprint density at radius 2 is 1.45 bits per heavy atom. The van der Waals surface area contributed by atoms with Crippen LogP contribution in [0.2, 0.25) is 0 Å². The molecule has 0 aromatic heterocycles. The van der Waals surface area contributed by atoms with Crippen molar-refractivity contribution in [3.05, 3.63) is 29.1 Å². The summed E-state index contributed by atoms with van der Waals surface area (Å²) in [6.45, 7) is -0.183. The van der Waals surface area contributed by atoms with Gasteiger partial charge in [0.2, 0.25) is 5.82 Å². The molecule has 0 aliphatic carbocycles. The Labute approximate surface area is 111 Å². The second-order valence-electron chi connectivity index (χ2n) is 4.59. The second-order valence-corrected chi connectivity index (χ2v) is 6.82. The van der Waals surface area contributed by atoms with Gasteiger partial charge >= 0.3 is 0 Å². The molecule has 20 heavy (non-hydrogen) atoms. The van der Waals surface area contributed by atoms with Crippen LogP contribution in [0.1, 0.15) is 6.42 Å². The summed E-state index contributed by atoms with van der Waals surface area (Å²) < 4.78 is 87.7. The van der Waals surface area contributed by atoms with E-state index < -0.39 is 50.5 Å². The van der Waals surface area contributed by atoms with Crippen LogP contribution >= 0.6 is 0 Å². The highest BCUT2D eigenvalue weighted by Crippen LogP contribution is 2.28. The fraction of sp³-hybridized carbons (Fsp3) is 0.455. The Hall–Kier alpha value is -1.38. The number of sulfone groups is 1. The maximum atomic E-state index is 13.3. The van der Waals surface area contributed by atoms with E-state index in [4.69, 9.17) is 0 Å². The van der Waals surface area contributed by atoms with Crippen LogP contribution < -0.4 is 5.32 Å². The molecular weight excluding hydrogens is 305 g/mol. The van der Waals surface area contributed by atoms with Gasteiger partial charge in [-0.3, -0.25) is 0 Å². The fourth-order valence-electron chi connectivity index (χ4n) is 2.04. The molecule has 0 radical (unpaired) electrons. The molecule has 0 bridgehead atoms. The van der Waals surface area contributed by atoms with Crippen LogP contribution in [-0.4, -0.2) is 26.5 Å². The molecular formula is C11H10F5NO2S. The van der Waals surface area contributed by atoms with Crippen LogP contribution in [0.25, 0.3) is 0 Å². The van der Waals surface area contributed by atoms with Crippen LogP contribution in [-0.2, 0) is 9.84 Å². The van der Waals surface area contributed by atoms with E-state index in [2.05, 4.69) is 5.32 Å². The van der Waals surface area contributed by atoms with E-state index in [1.807, 2.05) is 0 Å². The van der Waals surface area contributed by atoms with Gasteiger partial charge in [-0.2, -0.15) is 0 Å². The number of anilines is 1. The van der Waals surface area contributed by atoms with Crippen molar-refractivity contribution in [3.63, 3.8) is 0 Å². The zero-order chi connectivity index (χ0) is 15.1. The Kier molecular flexibility index (Phi) is 3.90. The van der Waals surface area contributed by atoms with E-state index in [-0.39, 0.29) is 24.5 Å². The fourth-order valence-corrected chi connectivity index (χ4v) is 3.90. The van der Waals surface area contributed by atoms with E-state index >= 15 is 0 Å². The van der Waals surface area contributed by atoms with Gasteiger partial charge in [-0.05, 0) is 12.3 Å². The van der Waals surface area contributed by atoms with Gasteiger partial charge in [0.05, 0.1) is 11.5 Å². The van der Waals surface area contributed by atoms with Crippen LogP contribution in [0.4, 0.5) is 27.6 Å². The number of halogens is 5. The third-order valence-electron chi connectivity index (χ3n) is 3.10. The summed E-state index contributed by atoms with van der Waals surface area (Å²) in [6, 6.07) is 0. The SMILES string of the molecule is O=S1(=O)CCC(CNc2c(F)c(F)c(F)c(F)c2F)C1. The van der Waals surface area contributed by atoms with Crippen molar-refractivity contribution in [2.75, 3.05) is 23.4 Å². The van der Waals surface area contributed by atoms with Crippen molar-refractivity contribution in [1.82, 2.24) is 0 Å². The summed E-state index contributed by atoms with van der Waals surface area (Å²) in [6.07, 6.45) is 0.282. The summed E-state index contributed by atoms with van der Waals surface area (Å²) in [4.78, 5) is 0. The van der Waals surface area contributed by atoms with Gasteiger partial charge in [0.25, 0.3) is 0 Å². The summed E-state index contributed by atoms with van der Waals surface area (Å²) in [5.74, 6) is -10.9. The van der Waals surface area contributed by atoms with Crippen molar-refractivity contribution in [2.45, 2.75) is 6.42 Å². The lowest BCUT2D eigenvalue weighted by Crippen LogP contribution is -2.18. The first-order valence-corrected chi connectivity index (χ1v) is 7.51. The predicted molar refractivity (Wildman–Crippen MR) is 61.5 cm³/mol. The molecule has 1 atom stereocenters. The molecule has 1 unspecified atom stereocenters. The molecule has 1 aromatic carbocycles. The van der Waals surface area contributed by atoms with Crippen molar-refractivity contribution in [3.8, 4) is 0 Å². The largest absolute Gasteiger partial charge is 0.380 e. The molecule has 0 amide bonds. The molecule has 1 aliphatic heterocycles. The summed E-state index contributed by atoms with van der Waals surface area (Å²) in [5.41, 5.74) is -1.13. The van der Waals surface area contributed by atoms with E-state index in [0.717, 1.165) is 0 Å². The maximum absolute atomic E-state index is 13.3. The molecule has 9 heteroatoms. The van der Waals surface area contributed by atoms with E-state index in [1.165, 1.54) is 0 Å². The van der Waals surface area contributed by atoms with Gasteiger partial charge < -0.3 is 5.32 Å². The van der Waals surface area contributed by atoms with Crippen molar-refractivity contribution in [1.29, 1.82) is 0 Å². The number of nitrogens with one attached hydrogen (secondary N) is 1. The Bertz CT molecular complexity index is 618. The lowest BCUT2D eigenvalue weighted by molar-refractivity contribution is 0.381. The van der Waals surface area contributed by atoms with Gasteiger partial charge in [0.1, 0.15) is 5.69 Å². The molecule has 1 fully saturated rings. The minimum absolute atomic E-state index is 0.0452. The Morgan fingerprint density at radius 1 is 0.950 bits per heavy atom. The normalized spacial score (nSPS) is 21.1.